The SMILES string of the molecule is C=Cc1cc[nH]c1C=C(C)C.CC.CC. The van der Waals surface area contributed by atoms with Gasteiger partial charge in [0.25, 0.3) is 0 Å². The number of hydrogen-bond acceptors (Lipinski definition) is 0. The van der Waals surface area contributed by atoms with Crippen molar-refractivity contribution in [1.29, 1.82) is 0 Å². The zero-order valence-electron chi connectivity index (χ0n) is 11.0. The maximum atomic E-state index is 3.72. The van der Waals surface area contributed by atoms with Crippen molar-refractivity contribution in [1.82, 2.24) is 4.98 Å². The molecule has 0 saturated carbocycles. The van der Waals surface area contributed by atoms with Crippen molar-refractivity contribution in [2.45, 2.75) is 41.5 Å². The van der Waals surface area contributed by atoms with Gasteiger partial charge in [-0.2, -0.15) is 0 Å². The van der Waals surface area contributed by atoms with Crippen molar-refractivity contribution in [3.63, 3.8) is 0 Å². The van der Waals surface area contributed by atoms with E-state index in [9.17, 15) is 0 Å². The molecule has 0 radical (unpaired) electrons. The molecule has 0 unspecified atom stereocenters. The van der Waals surface area contributed by atoms with E-state index < -0.39 is 0 Å². The van der Waals surface area contributed by atoms with Crippen LogP contribution in [0.25, 0.3) is 12.2 Å². The molecule has 1 heteroatoms. The number of aromatic nitrogens is 1. The minimum Gasteiger partial charge on any atom is -0.361 e. The van der Waals surface area contributed by atoms with E-state index in [0.717, 1.165) is 11.3 Å². The third kappa shape index (κ3) is 6.78. The molecule has 1 aromatic heterocycles. The molecule has 1 rings (SSSR count). The normalized spacial score (nSPS) is 7.60. The van der Waals surface area contributed by atoms with E-state index in [1.54, 1.807) is 0 Å². The molecule has 15 heavy (non-hydrogen) atoms. The summed E-state index contributed by atoms with van der Waals surface area (Å²) >= 11 is 0. The first kappa shape index (κ1) is 16.2. The molecule has 0 saturated heterocycles. The molecule has 0 aliphatic heterocycles. The van der Waals surface area contributed by atoms with Crippen molar-refractivity contribution >= 4 is 12.2 Å². The quantitative estimate of drug-likeness (QED) is 0.691. The van der Waals surface area contributed by atoms with Gasteiger partial charge in [-0.1, -0.05) is 45.9 Å². The number of allylic oxidation sites excluding steroid dienone is 1. The molecule has 86 valence electrons. The average Bonchev–Trinajstić information content (AvgIpc) is 2.70. The minimum atomic E-state index is 1.14. The van der Waals surface area contributed by atoms with E-state index in [1.807, 2.05) is 46.0 Å². The van der Waals surface area contributed by atoms with E-state index in [4.69, 9.17) is 0 Å². The highest BCUT2D eigenvalue weighted by Gasteiger charge is 1.94. The Bertz CT molecular complexity index is 275. The first-order valence-electron chi connectivity index (χ1n) is 5.68. The minimum absolute atomic E-state index is 1.14. The Morgan fingerprint density at radius 1 is 1.20 bits per heavy atom. The van der Waals surface area contributed by atoms with Gasteiger partial charge in [-0.25, -0.2) is 0 Å². The van der Waals surface area contributed by atoms with Gasteiger partial charge in [0.05, 0.1) is 0 Å². The monoisotopic (exact) mass is 207 g/mol. The van der Waals surface area contributed by atoms with E-state index >= 15 is 0 Å². The summed E-state index contributed by atoms with van der Waals surface area (Å²) in [6.45, 7) is 15.9. The van der Waals surface area contributed by atoms with E-state index in [1.165, 1.54) is 5.57 Å². The van der Waals surface area contributed by atoms with Crippen LogP contribution in [0.1, 0.15) is 52.8 Å². The molecule has 0 aromatic carbocycles. The van der Waals surface area contributed by atoms with Gasteiger partial charge in [0.2, 0.25) is 0 Å². The Balaban J connectivity index is 0. The molecule has 1 aromatic rings. The summed E-state index contributed by atoms with van der Waals surface area (Å²) in [4.78, 5) is 3.14. The van der Waals surface area contributed by atoms with Crippen LogP contribution in [0.3, 0.4) is 0 Å². The number of nitrogens with one attached hydrogen (secondary N) is 1. The van der Waals surface area contributed by atoms with Crippen LogP contribution in [0.5, 0.6) is 0 Å². The first-order chi connectivity index (χ1) is 7.24. The van der Waals surface area contributed by atoms with Crippen molar-refractivity contribution in [2.75, 3.05) is 0 Å². The predicted molar refractivity (Wildman–Crippen MR) is 72.9 cm³/mol. The summed E-state index contributed by atoms with van der Waals surface area (Å²) in [6.07, 6.45) is 5.88. The van der Waals surface area contributed by atoms with Crippen molar-refractivity contribution in [2.24, 2.45) is 0 Å². The molecule has 0 amide bonds. The van der Waals surface area contributed by atoms with Gasteiger partial charge in [-0.15, -0.1) is 0 Å². The fraction of sp³-hybridized carbons (Fsp3) is 0.429. The van der Waals surface area contributed by atoms with Gasteiger partial charge >= 0.3 is 0 Å². The van der Waals surface area contributed by atoms with Gasteiger partial charge in [0.1, 0.15) is 0 Å². The lowest BCUT2D eigenvalue weighted by molar-refractivity contribution is 1.34. The number of rotatable bonds is 2. The summed E-state index contributed by atoms with van der Waals surface area (Å²) in [6, 6.07) is 2.02. The molecule has 1 heterocycles. The van der Waals surface area contributed by atoms with Crippen LogP contribution >= 0.6 is 0 Å². The second-order valence-corrected chi connectivity index (χ2v) is 2.77. The Morgan fingerprint density at radius 2 is 1.73 bits per heavy atom. The number of H-pyrrole nitrogens is 1. The molecule has 0 atom stereocenters. The highest BCUT2D eigenvalue weighted by molar-refractivity contribution is 5.62. The molecule has 1 nitrogen and oxygen atoms in total. The molecule has 0 fully saturated rings. The zero-order chi connectivity index (χ0) is 12.3. The lowest BCUT2D eigenvalue weighted by Crippen LogP contribution is -1.75. The number of aromatic amines is 1. The predicted octanol–water partition coefficient (Wildman–Crippen LogP) is 5.13. The molecule has 0 aliphatic rings. The maximum Gasteiger partial charge on any atom is 0.0453 e. The molecule has 1 N–H and O–H groups in total. The fourth-order valence-corrected chi connectivity index (χ4v) is 0.986. The molecular formula is C14H25N. The van der Waals surface area contributed by atoms with Crippen molar-refractivity contribution in [3.05, 3.63) is 35.7 Å². The molecule has 0 aliphatic carbocycles. The van der Waals surface area contributed by atoms with E-state index in [0.29, 0.717) is 0 Å². The van der Waals surface area contributed by atoms with Gasteiger partial charge in [-0.05, 0) is 31.6 Å². The van der Waals surface area contributed by atoms with Crippen LogP contribution in [0.4, 0.5) is 0 Å². The fourth-order valence-electron chi connectivity index (χ4n) is 0.986. The van der Waals surface area contributed by atoms with Crippen LogP contribution in [-0.2, 0) is 0 Å². The largest absolute Gasteiger partial charge is 0.361 e. The molecular weight excluding hydrogens is 182 g/mol. The summed E-state index contributed by atoms with van der Waals surface area (Å²) in [7, 11) is 0. The summed E-state index contributed by atoms with van der Waals surface area (Å²) in [5, 5.41) is 0. The lowest BCUT2D eigenvalue weighted by Gasteiger charge is -1.92. The van der Waals surface area contributed by atoms with Crippen LogP contribution in [0.2, 0.25) is 0 Å². The van der Waals surface area contributed by atoms with Crippen LogP contribution in [-0.4, -0.2) is 4.98 Å². The van der Waals surface area contributed by atoms with Gasteiger partial charge in [0, 0.05) is 11.9 Å². The average molecular weight is 207 g/mol. The van der Waals surface area contributed by atoms with E-state index in [-0.39, 0.29) is 0 Å². The lowest BCUT2D eigenvalue weighted by atomic mass is 10.2. The smallest absolute Gasteiger partial charge is 0.0453 e. The Morgan fingerprint density at radius 3 is 2.13 bits per heavy atom. The van der Waals surface area contributed by atoms with E-state index in [2.05, 4.69) is 31.5 Å². The highest BCUT2D eigenvalue weighted by Crippen LogP contribution is 2.11. The summed E-state index contributed by atoms with van der Waals surface area (Å²) < 4.78 is 0. The summed E-state index contributed by atoms with van der Waals surface area (Å²) in [5.74, 6) is 0. The Kier molecular flexibility index (Phi) is 11.7. The highest BCUT2D eigenvalue weighted by atomic mass is 14.7. The van der Waals surface area contributed by atoms with Crippen molar-refractivity contribution in [3.8, 4) is 0 Å². The topological polar surface area (TPSA) is 15.8 Å². The Hall–Kier alpha value is -1.24. The molecule has 0 bridgehead atoms. The first-order valence-corrected chi connectivity index (χ1v) is 5.68. The maximum absolute atomic E-state index is 3.72. The van der Waals surface area contributed by atoms with Crippen LogP contribution in [0, 0.1) is 0 Å². The van der Waals surface area contributed by atoms with Gasteiger partial charge < -0.3 is 4.98 Å². The van der Waals surface area contributed by atoms with Gasteiger partial charge in [-0.3, -0.25) is 0 Å². The second-order valence-electron chi connectivity index (χ2n) is 2.77. The third-order valence-corrected chi connectivity index (χ3v) is 1.47. The van der Waals surface area contributed by atoms with Crippen LogP contribution < -0.4 is 0 Å². The number of hydrogen-bond donors (Lipinski definition) is 1. The van der Waals surface area contributed by atoms with Gasteiger partial charge in [0.15, 0.2) is 0 Å². The zero-order valence-corrected chi connectivity index (χ0v) is 11.0. The third-order valence-electron chi connectivity index (χ3n) is 1.47. The standard InChI is InChI=1S/C10H13N.2C2H6/c1-4-9-5-6-11-10(9)7-8(2)3;2*1-2/h4-7,11H,1H2,2-3H3;2*1-2H3. The second kappa shape index (κ2) is 10.8. The Labute approximate surface area is 94.9 Å². The summed E-state index contributed by atoms with van der Waals surface area (Å²) in [5.41, 5.74) is 3.58. The van der Waals surface area contributed by atoms with Crippen molar-refractivity contribution < 1.29 is 0 Å². The van der Waals surface area contributed by atoms with Crippen LogP contribution in [0.15, 0.2) is 24.4 Å². The molecule has 0 spiro atoms.